The molecule has 8 heteroatoms. The van der Waals surface area contributed by atoms with Crippen LogP contribution in [0.5, 0.6) is 5.75 Å². The van der Waals surface area contributed by atoms with Gasteiger partial charge in [0.15, 0.2) is 0 Å². The summed E-state index contributed by atoms with van der Waals surface area (Å²) in [5.41, 5.74) is 0.144. The van der Waals surface area contributed by atoms with Gasteiger partial charge in [-0.25, -0.2) is 17.2 Å². The second kappa shape index (κ2) is 7.97. The number of hydrogen-bond acceptors (Lipinski definition) is 4. The van der Waals surface area contributed by atoms with Crippen molar-refractivity contribution >= 4 is 38.2 Å². The summed E-state index contributed by atoms with van der Waals surface area (Å²) in [6.07, 6.45) is 0. The van der Waals surface area contributed by atoms with Crippen LogP contribution in [0.1, 0.15) is 0 Å². The van der Waals surface area contributed by atoms with Gasteiger partial charge in [-0.15, -0.1) is 0 Å². The number of aromatic hydroxyl groups is 1. The minimum atomic E-state index is -4.42. The van der Waals surface area contributed by atoms with Crippen molar-refractivity contribution in [3.63, 3.8) is 0 Å². The van der Waals surface area contributed by atoms with Crippen molar-refractivity contribution in [2.45, 2.75) is 14.7 Å². The van der Waals surface area contributed by atoms with Crippen LogP contribution in [0.4, 0.5) is 14.5 Å². The lowest BCUT2D eigenvalue weighted by Crippen LogP contribution is -2.15. The maximum Gasteiger partial charge on any atom is 0.264 e. The van der Waals surface area contributed by atoms with Crippen LogP contribution in [-0.2, 0) is 10.0 Å². The van der Waals surface area contributed by atoms with Crippen LogP contribution >= 0.6 is 11.8 Å². The summed E-state index contributed by atoms with van der Waals surface area (Å²) in [4.78, 5) is 0.460. The molecule has 4 nitrogen and oxygen atoms in total. The van der Waals surface area contributed by atoms with Crippen LogP contribution in [0, 0.1) is 11.6 Å². The molecule has 0 aliphatic carbocycles. The third-order valence-corrected chi connectivity index (χ3v) is 6.80. The topological polar surface area (TPSA) is 66.4 Å². The predicted molar refractivity (Wildman–Crippen MR) is 113 cm³/mol. The van der Waals surface area contributed by atoms with E-state index in [2.05, 4.69) is 4.72 Å². The van der Waals surface area contributed by atoms with E-state index >= 15 is 0 Å². The van der Waals surface area contributed by atoms with E-state index in [1.165, 1.54) is 17.8 Å². The number of sulfonamides is 1. The lowest BCUT2D eigenvalue weighted by molar-refractivity contribution is 0.469. The van der Waals surface area contributed by atoms with E-state index in [0.717, 1.165) is 17.0 Å². The first-order valence-electron chi connectivity index (χ1n) is 8.80. The van der Waals surface area contributed by atoms with Crippen LogP contribution < -0.4 is 4.72 Å². The first-order valence-corrected chi connectivity index (χ1v) is 11.1. The molecule has 4 rings (SSSR count). The van der Waals surface area contributed by atoms with Gasteiger partial charge in [0.25, 0.3) is 10.0 Å². The zero-order valence-electron chi connectivity index (χ0n) is 15.3. The smallest absolute Gasteiger partial charge is 0.264 e. The Morgan fingerprint density at radius 2 is 1.50 bits per heavy atom. The molecule has 0 aromatic heterocycles. The maximum atomic E-state index is 14.1. The molecule has 0 heterocycles. The SMILES string of the molecule is O=S(=O)(Nc1cc(Sc2ccccc2)c(O)c2ccccc12)c1cc(F)ccc1F. The van der Waals surface area contributed by atoms with Crippen molar-refractivity contribution in [1.82, 2.24) is 0 Å². The van der Waals surface area contributed by atoms with Crippen LogP contribution in [0.15, 0.2) is 93.5 Å². The summed E-state index contributed by atoms with van der Waals surface area (Å²) in [6.45, 7) is 0. The second-order valence-corrected chi connectivity index (χ2v) is 9.18. The zero-order chi connectivity index (χ0) is 21.3. The number of hydrogen-bond donors (Lipinski definition) is 2. The molecular weight excluding hydrogens is 428 g/mol. The average Bonchev–Trinajstić information content (AvgIpc) is 2.74. The molecule has 0 radical (unpaired) electrons. The van der Waals surface area contributed by atoms with E-state index in [1.807, 2.05) is 30.3 Å². The number of phenolic OH excluding ortho intramolecular Hbond substituents is 1. The van der Waals surface area contributed by atoms with Crippen LogP contribution in [0.25, 0.3) is 10.8 Å². The van der Waals surface area contributed by atoms with Crippen molar-refractivity contribution in [2.75, 3.05) is 4.72 Å². The van der Waals surface area contributed by atoms with E-state index in [-0.39, 0.29) is 11.4 Å². The average molecular weight is 443 g/mol. The molecule has 2 N–H and O–H groups in total. The van der Waals surface area contributed by atoms with Crippen LogP contribution in [0.3, 0.4) is 0 Å². The number of nitrogens with one attached hydrogen (secondary N) is 1. The Bertz CT molecular complexity index is 1340. The molecule has 0 spiro atoms. The Labute approximate surface area is 176 Å². The molecule has 0 aliphatic rings. The van der Waals surface area contributed by atoms with Gasteiger partial charge in [-0.1, -0.05) is 54.2 Å². The fourth-order valence-electron chi connectivity index (χ4n) is 3.00. The summed E-state index contributed by atoms with van der Waals surface area (Å²) in [5.74, 6) is -1.93. The Kier molecular flexibility index (Phi) is 5.36. The summed E-state index contributed by atoms with van der Waals surface area (Å²) >= 11 is 1.25. The van der Waals surface area contributed by atoms with Crippen LogP contribution in [0.2, 0.25) is 0 Å². The van der Waals surface area contributed by atoms with E-state index in [1.54, 1.807) is 24.3 Å². The Hall–Kier alpha value is -3.10. The third-order valence-electron chi connectivity index (χ3n) is 4.38. The number of anilines is 1. The Morgan fingerprint density at radius 3 is 2.23 bits per heavy atom. The second-order valence-electron chi connectivity index (χ2n) is 6.41. The summed E-state index contributed by atoms with van der Waals surface area (Å²) in [7, 11) is -4.42. The maximum absolute atomic E-state index is 14.1. The van der Waals surface area contributed by atoms with Crippen molar-refractivity contribution in [3.05, 3.63) is 90.5 Å². The minimum absolute atomic E-state index is 0.000614. The van der Waals surface area contributed by atoms with Gasteiger partial charge in [0.1, 0.15) is 22.3 Å². The number of fused-ring (bicyclic) bond motifs is 1. The molecule has 0 saturated carbocycles. The third kappa shape index (κ3) is 3.96. The van der Waals surface area contributed by atoms with Crippen LogP contribution in [-0.4, -0.2) is 13.5 Å². The molecule has 0 saturated heterocycles. The minimum Gasteiger partial charge on any atom is -0.506 e. The van der Waals surface area contributed by atoms with Crippen molar-refractivity contribution in [2.24, 2.45) is 0 Å². The van der Waals surface area contributed by atoms with E-state index in [0.29, 0.717) is 21.7 Å². The molecular formula is C22H15F2NO3S2. The fraction of sp³-hybridized carbons (Fsp3) is 0. The highest BCUT2D eigenvalue weighted by Gasteiger charge is 2.22. The highest BCUT2D eigenvalue weighted by atomic mass is 32.2. The number of rotatable bonds is 5. The van der Waals surface area contributed by atoms with Gasteiger partial charge < -0.3 is 5.11 Å². The molecule has 4 aromatic carbocycles. The van der Waals surface area contributed by atoms with Gasteiger partial charge in [0.05, 0.1) is 10.6 Å². The Morgan fingerprint density at radius 1 is 0.833 bits per heavy atom. The van der Waals surface area contributed by atoms with Crippen molar-refractivity contribution in [3.8, 4) is 5.75 Å². The molecule has 0 atom stereocenters. The van der Waals surface area contributed by atoms with E-state index < -0.39 is 26.6 Å². The van der Waals surface area contributed by atoms with Crippen molar-refractivity contribution in [1.29, 1.82) is 0 Å². The number of halogens is 2. The van der Waals surface area contributed by atoms with E-state index in [9.17, 15) is 22.3 Å². The highest BCUT2D eigenvalue weighted by Crippen LogP contribution is 2.43. The molecule has 30 heavy (non-hydrogen) atoms. The quantitative estimate of drug-likeness (QED) is 0.384. The van der Waals surface area contributed by atoms with Gasteiger partial charge >= 0.3 is 0 Å². The first-order chi connectivity index (χ1) is 14.3. The molecule has 0 bridgehead atoms. The molecule has 152 valence electrons. The largest absolute Gasteiger partial charge is 0.506 e. The number of phenols is 1. The molecule has 4 aromatic rings. The number of benzene rings is 4. The molecule has 0 aliphatic heterocycles. The monoisotopic (exact) mass is 443 g/mol. The normalized spacial score (nSPS) is 11.5. The van der Waals surface area contributed by atoms with Crippen molar-refractivity contribution < 1.29 is 22.3 Å². The standard InChI is InChI=1S/C22H15F2NO3S2/c23-14-10-11-18(24)21(12-14)30(27,28)25-19-13-20(29-15-6-2-1-3-7-15)22(26)17-9-5-4-8-16(17)19/h1-13,25-26H. The fourth-order valence-corrected chi connectivity index (χ4v) is 5.09. The van der Waals surface area contributed by atoms with E-state index in [4.69, 9.17) is 0 Å². The summed E-state index contributed by atoms with van der Waals surface area (Å²) in [5, 5.41) is 11.6. The molecule has 0 fully saturated rings. The summed E-state index contributed by atoms with van der Waals surface area (Å²) in [6, 6.07) is 19.6. The van der Waals surface area contributed by atoms with Gasteiger partial charge in [0.2, 0.25) is 0 Å². The van der Waals surface area contributed by atoms with Gasteiger partial charge in [0, 0.05) is 15.7 Å². The van der Waals surface area contributed by atoms with Gasteiger partial charge in [-0.3, -0.25) is 4.72 Å². The molecule has 0 amide bonds. The van der Waals surface area contributed by atoms with Gasteiger partial charge in [-0.2, -0.15) is 0 Å². The highest BCUT2D eigenvalue weighted by molar-refractivity contribution is 7.99. The predicted octanol–water partition coefficient (Wildman–Crippen LogP) is 5.78. The lowest BCUT2D eigenvalue weighted by atomic mass is 10.1. The zero-order valence-corrected chi connectivity index (χ0v) is 17.0. The first kappa shape index (κ1) is 20.2. The van der Waals surface area contributed by atoms with Gasteiger partial charge in [-0.05, 0) is 36.4 Å². The lowest BCUT2D eigenvalue weighted by Gasteiger charge is -2.15. The Balaban J connectivity index is 1.84. The summed E-state index contributed by atoms with van der Waals surface area (Å²) < 4.78 is 55.5. The molecule has 0 unspecified atom stereocenters.